The van der Waals surface area contributed by atoms with Crippen molar-refractivity contribution in [1.29, 1.82) is 0 Å². The zero-order valence-corrected chi connectivity index (χ0v) is 35.4. The van der Waals surface area contributed by atoms with Crippen molar-refractivity contribution in [1.82, 2.24) is 10.6 Å². The maximum absolute atomic E-state index is 11.5. The summed E-state index contributed by atoms with van der Waals surface area (Å²) in [6.45, 7) is 10.9. The van der Waals surface area contributed by atoms with Crippen molar-refractivity contribution in [2.75, 3.05) is 13.1 Å². The first-order valence-electron chi connectivity index (χ1n) is 20.8. The van der Waals surface area contributed by atoms with E-state index < -0.39 is 12.2 Å². The molecule has 0 aliphatic rings. The van der Waals surface area contributed by atoms with Crippen molar-refractivity contribution in [2.24, 2.45) is 0 Å². The summed E-state index contributed by atoms with van der Waals surface area (Å²) >= 11 is 0. The van der Waals surface area contributed by atoms with Crippen LogP contribution in [0, 0.1) is 0 Å². The van der Waals surface area contributed by atoms with Crippen LogP contribution in [0.1, 0.15) is 86.1 Å². The Labute approximate surface area is 356 Å². The highest BCUT2D eigenvalue weighted by Crippen LogP contribution is 2.31. The van der Waals surface area contributed by atoms with Crippen molar-refractivity contribution in [2.45, 2.75) is 90.2 Å². The third kappa shape index (κ3) is 14.6. The van der Waals surface area contributed by atoms with E-state index in [-0.39, 0.29) is 11.1 Å². The van der Waals surface area contributed by atoms with Crippen LogP contribution in [-0.4, -0.2) is 34.4 Å². The molecular formula is C52H60N2O6. The number of nitrogens with one attached hydrogen (secondary N) is 2. The smallest absolute Gasteiger partial charge is 0.123 e. The van der Waals surface area contributed by atoms with E-state index in [0.717, 1.165) is 35.1 Å². The molecule has 0 bridgehead atoms. The van der Waals surface area contributed by atoms with Crippen LogP contribution in [0.15, 0.2) is 158 Å². The number of aliphatic hydroxyl groups excluding tert-OH is 2. The highest BCUT2D eigenvalue weighted by molar-refractivity contribution is 5.41. The molecule has 0 fully saturated rings. The molecule has 314 valence electrons. The van der Waals surface area contributed by atoms with Gasteiger partial charge in [0, 0.05) is 36.3 Å². The number of ether oxygens (including phenoxy) is 4. The Hall–Kier alpha value is -5.64. The summed E-state index contributed by atoms with van der Waals surface area (Å²) in [5.74, 6) is 2.54. The highest BCUT2D eigenvalue weighted by atomic mass is 16.5. The summed E-state index contributed by atoms with van der Waals surface area (Å²) < 4.78 is 24.7. The van der Waals surface area contributed by atoms with Crippen molar-refractivity contribution in [3.05, 3.63) is 191 Å². The molecule has 4 N–H and O–H groups in total. The van der Waals surface area contributed by atoms with E-state index in [1.165, 1.54) is 0 Å². The van der Waals surface area contributed by atoms with Crippen molar-refractivity contribution < 1.29 is 29.2 Å². The van der Waals surface area contributed by atoms with Gasteiger partial charge < -0.3 is 39.8 Å². The van der Waals surface area contributed by atoms with E-state index in [1.54, 1.807) is 0 Å². The third-order valence-electron chi connectivity index (χ3n) is 10.5. The van der Waals surface area contributed by atoms with Crippen molar-refractivity contribution in [3.8, 4) is 23.0 Å². The van der Waals surface area contributed by atoms with Gasteiger partial charge in [0.05, 0.1) is 12.2 Å². The largest absolute Gasteiger partial charge is 0.489 e. The van der Waals surface area contributed by atoms with E-state index in [1.807, 2.05) is 158 Å². The molecule has 0 radical (unpaired) electrons. The number of aliphatic hydroxyl groups is 2. The first-order valence-corrected chi connectivity index (χ1v) is 20.8. The Morgan fingerprint density at radius 1 is 0.400 bits per heavy atom. The van der Waals surface area contributed by atoms with Gasteiger partial charge in [-0.05, 0) is 98.2 Å². The molecule has 8 nitrogen and oxygen atoms in total. The van der Waals surface area contributed by atoms with Crippen LogP contribution in [0.3, 0.4) is 0 Å². The Balaban J connectivity index is 1.03. The normalized spacial score (nSPS) is 12.7. The summed E-state index contributed by atoms with van der Waals surface area (Å²) in [6.07, 6.45) is 0.0570. The van der Waals surface area contributed by atoms with Gasteiger partial charge in [-0.15, -0.1) is 0 Å². The molecule has 0 aliphatic heterocycles. The Kier molecular flexibility index (Phi) is 15.8. The third-order valence-corrected chi connectivity index (χ3v) is 10.5. The number of benzene rings is 6. The molecule has 0 heterocycles. The van der Waals surface area contributed by atoms with Crippen LogP contribution < -0.4 is 29.6 Å². The molecule has 0 spiro atoms. The zero-order valence-electron chi connectivity index (χ0n) is 35.4. The quantitative estimate of drug-likeness (QED) is 0.0508. The summed E-state index contributed by atoms with van der Waals surface area (Å²) in [5, 5.41) is 30.1. The first kappa shape index (κ1) is 43.9. The second-order valence-corrected chi connectivity index (χ2v) is 16.6. The predicted octanol–water partition coefficient (Wildman–Crippen LogP) is 10.3. The minimum absolute atomic E-state index is 0.290. The molecule has 8 heteroatoms. The number of β-amino-alcohol motifs (C(OH)–C–C–N with tert-alkyl or cyclic N) is 2. The average Bonchev–Trinajstić information content (AvgIpc) is 3.28. The van der Waals surface area contributed by atoms with Gasteiger partial charge in [-0.1, -0.05) is 121 Å². The lowest BCUT2D eigenvalue weighted by Gasteiger charge is -2.34. The minimum Gasteiger partial charge on any atom is -0.489 e. The van der Waals surface area contributed by atoms with Crippen LogP contribution in [0.25, 0.3) is 0 Å². The lowest BCUT2D eigenvalue weighted by atomic mass is 9.89. The fourth-order valence-electron chi connectivity index (χ4n) is 6.65. The second-order valence-electron chi connectivity index (χ2n) is 16.6. The van der Waals surface area contributed by atoms with Gasteiger partial charge in [-0.2, -0.15) is 0 Å². The Bertz CT molecular complexity index is 1880. The Morgan fingerprint density at radius 2 is 0.650 bits per heavy atom. The molecule has 0 aromatic heterocycles. The average molecular weight is 809 g/mol. The minimum atomic E-state index is -0.793. The lowest BCUT2D eigenvalue weighted by Crippen LogP contribution is -2.46. The van der Waals surface area contributed by atoms with Crippen LogP contribution in [0.2, 0.25) is 0 Å². The van der Waals surface area contributed by atoms with Crippen molar-refractivity contribution in [3.63, 3.8) is 0 Å². The maximum atomic E-state index is 11.5. The molecule has 6 aromatic carbocycles. The molecule has 60 heavy (non-hydrogen) atoms. The number of hydrogen-bond donors (Lipinski definition) is 4. The van der Waals surface area contributed by atoms with Gasteiger partial charge in [0.15, 0.2) is 0 Å². The van der Waals surface area contributed by atoms with E-state index in [4.69, 9.17) is 18.9 Å². The molecule has 0 amide bonds. The fraction of sp³-hybridized carbons (Fsp3) is 0.308. The standard InChI is InChI=1S/C52H60N2O6/c1-51(2,53-33-49(55)43-27-45(57-35-39-17-9-5-10-18-39)31-46(28-43)58-36-40-19-11-6-12-20-40)25-26-52(3,4)54-34-50(56)44-29-47(59-37-41-21-13-7-14-22-41)32-48(30-44)60-38-42-23-15-8-16-24-42/h5-24,27-32,49-50,53-56H,25-26,33-38H2,1-4H3. The molecule has 0 saturated carbocycles. The maximum Gasteiger partial charge on any atom is 0.123 e. The van der Waals surface area contributed by atoms with Crippen molar-refractivity contribution >= 4 is 0 Å². The van der Waals surface area contributed by atoms with E-state index in [9.17, 15) is 10.2 Å². The second kappa shape index (κ2) is 21.6. The topological polar surface area (TPSA) is 101 Å². The fourth-order valence-corrected chi connectivity index (χ4v) is 6.65. The molecule has 0 aliphatic carbocycles. The van der Waals surface area contributed by atoms with Crippen LogP contribution in [0.5, 0.6) is 23.0 Å². The first-order chi connectivity index (χ1) is 29.0. The lowest BCUT2D eigenvalue weighted by molar-refractivity contribution is 0.147. The molecule has 6 aromatic rings. The number of rotatable bonds is 23. The number of hydrogen-bond acceptors (Lipinski definition) is 8. The van der Waals surface area contributed by atoms with Gasteiger partial charge in [-0.3, -0.25) is 0 Å². The van der Waals surface area contributed by atoms with Gasteiger partial charge >= 0.3 is 0 Å². The van der Waals surface area contributed by atoms with Gasteiger partial charge in [0.25, 0.3) is 0 Å². The highest BCUT2D eigenvalue weighted by Gasteiger charge is 2.26. The van der Waals surface area contributed by atoms with Gasteiger partial charge in [-0.25, -0.2) is 0 Å². The Morgan fingerprint density at radius 3 is 0.900 bits per heavy atom. The summed E-state index contributed by atoms with van der Waals surface area (Å²) in [5.41, 5.74) is 5.08. The molecular weight excluding hydrogens is 749 g/mol. The monoisotopic (exact) mass is 808 g/mol. The van der Waals surface area contributed by atoms with E-state index in [2.05, 4.69) is 38.3 Å². The zero-order chi connectivity index (χ0) is 42.2. The van der Waals surface area contributed by atoms with Crippen LogP contribution >= 0.6 is 0 Å². The van der Waals surface area contributed by atoms with E-state index >= 15 is 0 Å². The summed E-state index contributed by atoms with van der Waals surface area (Å²) in [7, 11) is 0. The molecule has 6 rings (SSSR count). The summed E-state index contributed by atoms with van der Waals surface area (Å²) in [4.78, 5) is 0. The van der Waals surface area contributed by atoms with E-state index in [0.29, 0.717) is 73.6 Å². The molecule has 2 unspecified atom stereocenters. The molecule has 2 atom stereocenters. The van der Waals surface area contributed by atoms with Crippen LogP contribution in [-0.2, 0) is 26.4 Å². The van der Waals surface area contributed by atoms with Crippen LogP contribution in [0.4, 0.5) is 0 Å². The predicted molar refractivity (Wildman–Crippen MR) is 239 cm³/mol. The molecule has 0 saturated heterocycles. The van der Waals surface area contributed by atoms with Gasteiger partial charge in [0.2, 0.25) is 0 Å². The van der Waals surface area contributed by atoms with Gasteiger partial charge in [0.1, 0.15) is 49.4 Å². The summed E-state index contributed by atoms with van der Waals surface area (Å²) in [6, 6.07) is 51.4. The SMILES string of the molecule is CC(C)(CCC(C)(C)NCC(O)c1cc(OCc2ccccc2)cc(OCc2ccccc2)c1)NCC(O)c1cc(OCc2ccccc2)cc(OCc2ccccc2)c1.